The molecule has 1 aliphatic carbocycles. The fourth-order valence-electron chi connectivity index (χ4n) is 6.63. The van der Waals surface area contributed by atoms with E-state index in [1.54, 1.807) is 17.0 Å². The van der Waals surface area contributed by atoms with Crippen LogP contribution < -0.4 is 0 Å². The van der Waals surface area contributed by atoms with Gasteiger partial charge < -0.3 is 14.4 Å². The lowest BCUT2D eigenvalue weighted by Crippen LogP contribution is -2.52. The first kappa shape index (κ1) is 27.5. The topological polar surface area (TPSA) is 76.2 Å². The van der Waals surface area contributed by atoms with Crippen molar-refractivity contribution in [2.75, 3.05) is 13.1 Å². The Labute approximate surface area is 235 Å². The molecular weight excluding hydrogens is 516 g/mol. The summed E-state index contributed by atoms with van der Waals surface area (Å²) in [5.41, 5.74) is 0.881. The monoisotopic (exact) mass is 552 g/mol. The number of likely N-dealkylation sites (tertiary alicyclic amines) is 1. The Morgan fingerprint density at radius 2 is 1.72 bits per heavy atom. The lowest BCUT2D eigenvalue weighted by Gasteiger charge is -2.41. The predicted octanol–water partition coefficient (Wildman–Crippen LogP) is 6.58. The van der Waals surface area contributed by atoms with Crippen molar-refractivity contribution in [3.8, 4) is 0 Å². The molecule has 39 heavy (non-hydrogen) atoms. The van der Waals surface area contributed by atoms with Crippen molar-refractivity contribution < 1.29 is 23.9 Å². The molecule has 0 N–H and O–H groups in total. The largest absolute Gasteiger partial charge is 0.444 e. The van der Waals surface area contributed by atoms with Gasteiger partial charge in [-0.05, 0) is 68.7 Å². The Morgan fingerprint density at radius 3 is 2.36 bits per heavy atom. The van der Waals surface area contributed by atoms with E-state index in [-0.39, 0.29) is 17.9 Å². The highest BCUT2D eigenvalue weighted by molar-refractivity contribution is 6.30. The average Bonchev–Trinajstić information content (AvgIpc) is 3.60. The molecule has 2 aliphatic heterocycles. The van der Waals surface area contributed by atoms with Gasteiger partial charge in [0.25, 0.3) is 0 Å². The van der Waals surface area contributed by atoms with Crippen molar-refractivity contribution in [2.24, 2.45) is 5.41 Å². The summed E-state index contributed by atoms with van der Waals surface area (Å²) in [5.74, 6) is -1.09. The maximum absolute atomic E-state index is 14.4. The molecule has 3 amide bonds. The van der Waals surface area contributed by atoms with Crippen molar-refractivity contribution in [1.82, 2.24) is 9.80 Å². The number of hydrogen-bond donors (Lipinski definition) is 0. The molecule has 7 nitrogen and oxygen atoms in total. The standard InChI is InChI=1S/C31H37ClN2O5/c1-30(2,3)39-29(37)33-18-17-31(15-7-8-16-31)26(33)25(22-11-13-23(32)14-12-22)27(35)34-20-24(38-28(34)36)19-21-9-5-4-6-10-21/h4-6,9-14,24-26H,7-8,15-20H2,1-3H3/t24-,25?,26+/m0/s1. The van der Waals surface area contributed by atoms with Gasteiger partial charge in [0.1, 0.15) is 11.7 Å². The highest BCUT2D eigenvalue weighted by Crippen LogP contribution is 2.54. The predicted molar refractivity (Wildman–Crippen MR) is 149 cm³/mol. The minimum atomic E-state index is -0.751. The first-order valence-corrected chi connectivity index (χ1v) is 14.3. The Morgan fingerprint density at radius 1 is 1.05 bits per heavy atom. The number of nitrogens with zero attached hydrogens (tertiary/aromatic N) is 2. The van der Waals surface area contributed by atoms with E-state index in [0.29, 0.717) is 18.0 Å². The summed E-state index contributed by atoms with van der Waals surface area (Å²) in [6, 6.07) is 16.5. The summed E-state index contributed by atoms with van der Waals surface area (Å²) in [4.78, 5) is 44.0. The molecule has 0 aromatic heterocycles. The van der Waals surface area contributed by atoms with Crippen LogP contribution in [0.4, 0.5) is 9.59 Å². The number of benzene rings is 2. The molecule has 0 bridgehead atoms. The molecule has 8 heteroatoms. The van der Waals surface area contributed by atoms with Crippen LogP contribution >= 0.6 is 11.6 Å². The zero-order chi connectivity index (χ0) is 27.8. The van der Waals surface area contributed by atoms with E-state index in [1.807, 2.05) is 63.2 Å². The molecule has 3 fully saturated rings. The number of amides is 3. The van der Waals surface area contributed by atoms with Gasteiger partial charge in [-0.15, -0.1) is 0 Å². The van der Waals surface area contributed by atoms with Gasteiger partial charge in [0.2, 0.25) is 5.91 Å². The van der Waals surface area contributed by atoms with Gasteiger partial charge in [0.05, 0.1) is 18.5 Å². The van der Waals surface area contributed by atoms with Gasteiger partial charge in [-0.25, -0.2) is 14.5 Å². The van der Waals surface area contributed by atoms with Crippen LogP contribution in [0.25, 0.3) is 0 Å². The molecule has 1 saturated carbocycles. The lowest BCUT2D eigenvalue weighted by atomic mass is 9.71. The Bertz CT molecular complexity index is 1200. The quantitative estimate of drug-likeness (QED) is 0.418. The number of rotatable bonds is 5. The zero-order valence-corrected chi connectivity index (χ0v) is 23.7. The average molecular weight is 553 g/mol. The van der Waals surface area contributed by atoms with Crippen LogP contribution in [-0.4, -0.2) is 58.7 Å². The molecular formula is C31H37ClN2O5. The van der Waals surface area contributed by atoms with E-state index >= 15 is 0 Å². The van der Waals surface area contributed by atoms with Crippen LogP contribution in [0.15, 0.2) is 54.6 Å². The van der Waals surface area contributed by atoms with Crippen molar-refractivity contribution in [2.45, 2.75) is 83.0 Å². The van der Waals surface area contributed by atoms with Gasteiger partial charge in [-0.2, -0.15) is 0 Å². The number of carbonyl (C=O) groups excluding carboxylic acids is 3. The summed E-state index contributed by atoms with van der Waals surface area (Å²) in [6.45, 7) is 6.21. The van der Waals surface area contributed by atoms with Crippen LogP contribution in [0, 0.1) is 5.41 Å². The minimum Gasteiger partial charge on any atom is -0.444 e. The second-order valence-corrected chi connectivity index (χ2v) is 12.5. The van der Waals surface area contributed by atoms with E-state index in [1.165, 1.54) is 4.90 Å². The third-order valence-corrected chi connectivity index (χ3v) is 8.55. The van der Waals surface area contributed by atoms with Crippen LogP contribution in [0.2, 0.25) is 5.02 Å². The Kier molecular flexibility index (Phi) is 7.64. The number of hydrogen-bond acceptors (Lipinski definition) is 5. The van der Waals surface area contributed by atoms with E-state index in [0.717, 1.165) is 43.2 Å². The maximum atomic E-state index is 14.4. The summed E-state index contributed by atoms with van der Waals surface area (Å²) >= 11 is 6.22. The highest BCUT2D eigenvalue weighted by Gasteiger charge is 2.57. The van der Waals surface area contributed by atoms with E-state index in [4.69, 9.17) is 21.1 Å². The van der Waals surface area contributed by atoms with Crippen LogP contribution in [0.1, 0.15) is 69.9 Å². The van der Waals surface area contributed by atoms with Crippen molar-refractivity contribution >= 4 is 29.7 Å². The molecule has 5 rings (SSSR count). The van der Waals surface area contributed by atoms with Crippen molar-refractivity contribution in [1.29, 1.82) is 0 Å². The van der Waals surface area contributed by atoms with Gasteiger partial charge >= 0.3 is 12.2 Å². The van der Waals surface area contributed by atoms with Crippen molar-refractivity contribution in [3.05, 3.63) is 70.7 Å². The number of carbonyl (C=O) groups is 3. The second kappa shape index (κ2) is 10.8. The lowest BCUT2D eigenvalue weighted by molar-refractivity contribution is -0.131. The molecule has 2 saturated heterocycles. The zero-order valence-electron chi connectivity index (χ0n) is 22.9. The van der Waals surface area contributed by atoms with Gasteiger partial charge in [-0.3, -0.25) is 4.79 Å². The smallest absolute Gasteiger partial charge is 0.417 e. The maximum Gasteiger partial charge on any atom is 0.417 e. The summed E-state index contributed by atoms with van der Waals surface area (Å²) in [7, 11) is 0. The van der Waals surface area contributed by atoms with E-state index < -0.39 is 35.9 Å². The van der Waals surface area contributed by atoms with E-state index in [2.05, 4.69) is 0 Å². The van der Waals surface area contributed by atoms with Crippen LogP contribution in [0.5, 0.6) is 0 Å². The first-order chi connectivity index (χ1) is 18.6. The SMILES string of the molecule is CC(C)(C)OC(=O)N1CCC2(CCCC2)[C@H]1C(C(=O)N1C[C@H](Cc2ccccc2)OC1=O)c1ccc(Cl)cc1. The minimum absolute atomic E-state index is 0.169. The number of imide groups is 1. The molecule has 3 aliphatic rings. The summed E-state index contributed by atoms with van der Waals surface area (Å²) in [5, 5.41) is 0.555. The third-order valence-electron chi connectivity index (χ3n) is 8.30. The fourth-order valence-corrected chi connectivity index (χ4v) is 6.75. The van der Waals surface area contributed by atoms with Crippen molar-refractivity contribution in [3.63, 3.8) is 0 Å². The second-order valence-electron chi connectivity index (χ2n) is 12.1. The molecule has 2 aromatic rings. The third kappa shape index (κ3) is 5.79. The molecule has 0 radical (unpaired) electrons. The molecule has 1 spiro atoms. The van der Waals surface area contributed by atoms with Gasteiger partial charge in [-0.1, -0.05) is 66.9 Å². The molecule has 1 unspecified atom stereocenters. The molecule has 2 heterocycles. The van der Waals surface area contributed by atoms with Gasteiger partial charge in [0, 0.05) is 18.0 Å². The Balaban J connectivity index is 1.50. The van der Waals surface area contributed by atoms with E-state index in [9.17, 15) is 14.4 Å². The fraction of sp³-hybridized carbons (Fsp3) is 0.516. The highest BCUT2D eigenvalue weighted by atomic mass is 35.5. The number of cyclic esters (lactones) is 1. The normalized spacial score (nSPS) is 23.2. The summed E-state index contributed by atoms with van der Waals surface area (Å²) in [6.07, 6.45) is 3.78. The Hall–Kier alpha value is -3.06. The van der Waals surface area contributed by atoms with Crippen LogP contribution in [0.3, 0.4) is 0 Å². The molecule has 208 valence electrons. The number of ether oxygens (including phenoxy) is 2. The summed E-state index contributed by atoms with van der Waals surface area (Å²) < 4.78 is 11.5. The molecule has 3 atom stereocenters. The number of halogens is 1. The van der Waals surface area contributed by atoms with Crippen LogP contribution in [-0.2, 0) is 20.7 Å². The molecule has 2 aromatic carbocycles. The van der Waals surface area contributed by atoms with Gasteiger partial charge in [0.15, 0.2) is 0 Å². The first-order valence-electron chi connectivity index (χ1n) is 13.9.